The molecule has 2 rings (SSSR count). The number of methoxy groups -OCH3 is 1. The lowest BCUT2D eigenvalue weighted by atomic mass is 9.95. The molecule has 0 N–H and O–H groups in total. The second kappa shape index (κ2) is 6.36. The molecule has 0 unspecified atom stereocenters. The van der Waals surface area contributed by atoms with Crippen molar-refractivity contribution in [3.63, 3.8) is 0 Å². The van der Waals surface area contributed by atoms with Crippen LogP contribution in [0.2, 0.25) is 5.02 Å². The third-order valence-corrected chi connectivity index (χ3v) is 4.18. The van der Waals surface area contributed by atoms with Crippen LogP contribution < -0.4 is 4.74 Å². The number of carbonyl (C=O) groups is 1. The molecule has 0 saturated carbocycles. The molecule has 0 aliphatic heterocycles. The number of rotatable bonds is 4. The summed E-state index contributed by atoms with van der Waals surface area (Å²) in [6, 6.07) is 5.54. The molecule has 112 valence electrons. The largest absolute Gasteiger partial charge is 0.489 e. The van der Waals surface area contributed by atoms with Gasteiger partial charge in [0.1, 0.15) is 12.1 Å². The fourth-order valence-corrected chi connectivity index (χ4v) is 3.04. The number of fused-ring (bicyclic) bond motifs is 1. The van der Waals surface area contributed by atoms with Crippen molar-refractivity contribution in [1.82, 2.24) is 4.98 Å². The van der Waals surface area contributed by atoms with Crippen LogP contribution >= 0.6 is 34.2 Å². The van der Waals surface area contributed by atoms with Gasteiger partial charge in [0.25, 0.3) is 0 Å². The Hall–Kier alpha value is -1.08. The predicted octanol–water partition coefficient (Wildman–Crippen LogP) is 4.07. The Bertz CT molecular complexity index is 688. The number of hydrogen-bond acceptors (Lipinski definition) is 4. The fraction of sp³-hybridized carbons (Fsp3) is 0.333. The van der Waals surface area contributed by atoms with Crippen molar-refractivity contribution in [3.05, 3.63) is 33.0 Å². The number of pyridine rings is 1. The first-order chi connectivity index (χ1) is 9.86. The van der Waals surface area contributed by atoms with Crippen LogP contribution in [0.15, 0.2) is 24.4 Å². The van der Waals surface area contributed by atoms with Gasteiger partial charge in [0.2, 0.25) is 0 Å². The van der Waals surface area contributed by atoms with E-state index in [2.05, 4.69) is 27.6 Å². The van der Waals surface area contributed by atoms with E-state index in [-0.39, 0.29) is 12.6 Å². The Morgan fingerprint density at radius 3 is 2.86 bits per heavy atom. The van der Waals surface area contributed by atoms with Gasteiger partial charge in [0.05, 0.1) is 21.1 Å². The Morgan fingerprint density at radius 2 is 2.19 bits per heavy atom. The summed E-state index contributed by atoms with van der Waals surface area (Å²) >= 11 is 8.37. The summed E-state index contributed by atoms with van der Waals surface area (Å²) in [6.07, 6.45) is 1.69. The van der Waals surface area contributed by atoms with Crippen LogP contribution in [0.25, 0.3) is 10.9 Å². The summed E-state index contributed by atoms with van der Waals surface area (Å²) in [6.45, 7) is 3.75. The molecule has 0 saturated heterocycles. The van der Waals surface area contributed by atoms with Crippen LogP contribution in [-0.4, -0.2) is 24.7 Å². The van der Waals surface area contributed by atoms with Gasteiger partial charge in [-0.15, -0.1) is 0 Å². The summed E-state index contributed by atoms with van der Waals surface area (Å²) in [7, 11) is 1.37. The minimum absolute atomic E-state index is 0.197. The zero-order valence-corrected chi connectivity index (χ0v) is 14.9. The Labute approximate surface area is 141 Å². The average molecular weight is 420 g/mol. The summed E-state index contributed by atoms with van der Waals surface area (Å²) in [5.74, 6) is 0.316. The van der Waals surface area contributed by atoms with Gasteiger partial charge in [-0.2, -0.15) is 0 Å². The molecule has 0 spiro atoms. The normalized spacial score (nSPS) is 11.5. The molecule has 0 aliphatic rings. The third kappa shape index (κ3) is 3.40. The maximum absolute atomic E-state index is 11.7. The number of carbonyl (C=O) groups excluding carboxylic acids is 1. The van der Waals surface area contributed by atoms with Gasteiger partial charge >= 0.3 is 5.97 Å². The standard InChI is InChI=1S/C15H15ClINO3/c1-15(2,14(19)20-3)8-21-13-11(17)7-10(16)9-5-4-6-18-12(9)13/h4-7H,8H2,1-3H3. The lowest BCUT2D eigenvalue weighted by molar-refractivity contribution is -0.152. The zero-order chi connectivity index (χ0) is 15.6. The van der Waals surface area contributed by atoms with Crippen LogP contribution in [0.1, 0.15) is 13.8 Å². The van der Waals surface area contributed by atoms with E-state index in [4.69, 9.17) is 21.1 Å². The van der Waals surface area contributed by atoms with E-state index in [0.29, 0.717) is 16.3 Å². The summed E-state index contributed by atoms with van der Waals surface area (Å²) in [5, 5.41) is 1.45. The van der Waals surface area contributed by atoms with Gasteiger partial charge in [-0.3, -0.25) is 9.78 Å². The van der Waals surface area contributed by atoms with Crippen molar-refractivity contribution < 1.29 is 14.3 Å². The maximum atomic E-state index is 11.7. The minimum Gasteiger partial charge on any atom is -0.489 e. The quantitative estimate of drug-likeness (QED) is 0.554. The molecule has 6 heteroatoms. The number of benzene rings is 1. The second-order valence-corrected chi connectivity index (χ2v) is 6.80. The number of esters is 1. The number of hydrogen-bond donors (Lipinski definition) is 0. The molecule has 2 aromatic rings. The van der Waals surface area contributed by atoms with Gasteiger partial charge < -0.3 is 9.47 Å². The van der Waals surface area contributed by atoms with Gasteiger partial charge in [0, 0.05) is 11.6 Å². The van der Waals surface area contributed by atoms with Crippen molar-refractivity contribution in [2.24, 2.45) is 5.41 Å². The van der Waals surface area contributed by atoms with E-state index in [0.717, 1.165) is 8.96 Å². The van der Waals surface area contributed by atoms with Crippen LogP contribution in [0, 0.1) is 8.99 Å². The Balaban J connectivity index is 2.37. The topological polar surface area (TPSA) is 48.4 Å². The molecule has 4 nitrogen and oxygen atoms in total. The molecule has 0 aliphatic carbocycles. The van der Waals surface area contributed by atoms with Crippen LogP contribution in [0.3, 0.4) is 0 Å². The van der Waals surface area contributed by atoms with Crippen LogP contribution in [0.4, 0.5) is 0 Å². The van der Waals surface area contributed by atoms with E-state index >= 15 is 0 Å². The van der Waals surface area contributed by atoms with Crippen molar-refractivity contribution in [2.45, 2.75) is 13.8 Å². The highest BCUT2D eigenvalue weighted by Crippen LogP contribution is 2.35. The molecular weight excluding hydrogens is 405 g/mol. The highest BCUT2D eigenvalue weighted by molar-refractivity contribution is 14.1. The van der Waals surface area contributed by atoms with Crippen molar-refractivity contribution in [3.8, 4) is 5.75 Å². The highest BCUT2D eigenvalue weighted by atomic mass is 127. The Kier molecular flexibility index (Phi) is 4.93. The minimum atomic E-state index is -0.738. The fourth-order valence-electron chi connectivity index (χ4n) is 1.87. The third-order valence-electron chi connectivity index (χ3n) is 3.07. The van der Waals surface area contributed by atoms with Crippen molar-refractivity contribution >= 4 is 51.1 Å². The Morgan fingerprint density at radius 1 is 1.48 bits per heavy atom. The van der Waals surface area contributed by atoms with Crippen LogP contribution in [-0.2, 0) is 9.53 Å². The zero-order valence-electron chi connectivity index (χ0n) is 11.9. The van der Waals surface area contributed by atoms with Gasteiger partial charge in [-0.25, -0.2) is 0 Å². The van der Waals surface area contributed by atoms with E-state index in [1.807, 2.05) is 18.2 Å². The monoisotopic (exact) mass is 419 g/mol. The molecule has 21 heavy (non-hydrogen) atoms. The predicted molar refractivity (Wildman–Crippen MR) is 90.8 cm³/mol. The van der Waals surface area contributed by atoms with Crippen LogP contribution in [0.5, 0.6) is 5.75 Å². The summed E-state index contributed by atoms with van der Waals surface area (Å²) in [5.41, 5.74) is -0.0477. The molecule has 0 amide bonds. The molecule has 0 atom stereocenters. The van der Waals surface area contributed by atoms with E-state index in [1.54, 1.807) is 20.0 Å². The van der Waals surface area contributed by atoms with E-state index in [1.165, 1.54) is 7.11 Å². The first kappa shape index (κ1) is 16.3. The smallest absolute Gasteiger partial charge is 0.314 e. The molecular formula is C15H15ClINO3. The maximum Gasteiger partial charge on any atom is 0.314 e. The number of aromatic nitrogens is 1. The summed E-state index contributed by atoms with van der Waals surface area (Å²) in [4.78, 5) is 16.1. The van der Waals surface area contributed by atoms with Gasteiger partial charge in [-0.1, -0.05) is 11.6 Å². The molecule has 1 aromatic carbocycles. The lowest BCUT2D eigenvalue weighted by Gasteiger charge is -2.22. The molecule has 1 aromatic heterocycles. The number of nitrogens with zero attached hydrogens (tertiary/aromatic N) is 1. The van der Waals surface area contributed by atoms with Crippen molar-refractivity contribution in [2.75, 3.05) is 13.7 Å². The summed E-state index contributed by atoms with van der Waals surface area (Å²) < 4.78 is 11.5. The average Bonchev–Trinajstić information content (AvgIpc) is 2.46. The van der Waals surface area contributed by atoms with Gasteiger partial charge in [-0.05, 0) is 54.6 Å². The molecule has 1 heterocycles. The SMILES string of the molecule is COC(=O)C(C)(C)COc1c(I)cc(Cl)c2cccnc12. The van der Waals surface area contributed by atoms with Crippen molar-refractivity contribution in [1.29, 1.82) is 0 Å². The molecule has 0 bridgehead atoms. The second-order valence-electron chi connectivity index (χ2n) is 5.23. The highest BCUT2D eigenvalue weighted by Gasteiger charge is 2.30. The lowest BCUT2D eigenvalue weighted by Crippen LogP contribution is -2.32. The molecule has 0 fully saturated rings. The van der Waals surface area contributed by atoms with Gasteiger partial charge in [0.15, 0.2) is 5.75 Å². The first-order valence-electron chi connectivity index (χ1n) is 6.31. The van der Waals surface area contributed by atoms with E-state index in [9.17, 15) is 4.79 Å². The molecule has 0 radical (unpaired) electrons. The first-order valence-corrected chi connectivity index (χ1v) is 7.76. The number of halogens is 2. The number of ether oxygens (including phenoxy) is 2. The van der Waals surface area contributed by atoms with E-state index < -0.39 is 5.41 Å².